The van der Waals surface area contributed by atoms with Gasteiger partial charge in [0.25, 0.3) is 0 Å². The fourth-order valence-corrected chi connectivity index (χ4v) is 2.85. The van der Waals surface area contributed by atoms with Crippen molar-refractivity contribution < 1.29 is 14.3 Å². The maximum Gasteiger partial charge on any atom is 0.226 e. The van der Waals surface area contributed by atoms with Crippen molar-refractivity contribution >= 4 is 29.1 Å². The molecule has 0 saturated carbocycles. The summed E-state index contributed by atoms with van der Waals surface area (Å²) in [6.45, 7) is 0.243. The Morgan fingerprint density at radius 2 is 1.55 bits per heavy atom. The summed E-state index contributed by atoms with van der Waals surface area (Å²) < 4.78 is 5.83. The van der Waals surface area contributed by atoms with Crippen molar-refractivity contribution in [1.29, 1.82) is 0 Å². The van der Waals surface area contributed by atoms with Gasteiger partial charge in [-0.1, -0.05) is 60.1 Å². The first kappa shape index (κ1) is 20.4. The number of carbonyl (C=O) groups is 2. The van der Waals surface area contributed by atoms with Crippen LogP contribution in [-0.2, 0) is 16.0 Å². The van der Waals surface area contributed by atoms with Crippen molar-refractivity contribution in [2.24, 2.45) is 0 Å². The SMILES string of the molecule is O=C(Cc1ccccc1)NCCC(=O)Nc1cc(Cl)ccc1Oc1ccccc1. The first-order valence-corrected chi connectivity index (χ1v) is 9.61. The zero-order valence-corrected chi connectivity index (χ0v) is 16.5. The third-order valence-corrected chi connectivity index (χ3v) is 4.30. The third kappa shape index (κ3) is 6.66. The van der Waals surface area contributed by atoms with Gasteiger partial charge in [0.1, 0.15) is 5.75 Å². The Balaban J connectivity index is 1.52. The predicted octanol–water partition coefficient (Wildman–Crippen LogP) is 4.82. The minimum absolute atomic E-state index is 0.125. The number of halogens is 1. The van der Waals surface area contributed by atoms with Gasteiger partial charge in [-0.2, -0.15) is 0 Å². The molecular formula is C23H21ClN2O3. The highest BCUT2D eigenvalue weighted by Crippen LogP contribution is 2.32. The average molecular weight is 409 g/mol. The van der Waals surface area contributed by atoms with Gasteiger partial charge >= 0.3 is 0 Å². The molecule has 0 spiro atoms. The van der Waals surface area contributed by atoms with Crippen LogP contribution in [-0.4, -0.2) is 18.4 Å². The largest absolute Gasteiger partial charge is 0.455 e. The van der Waals surface area contributed by atoms with Crippen molar-refractivity contribution in [2.75, 3.05) is 11.9 Å². The van der Waals surface area contributed by atoms with Gasteiger partial charge in [0, 0.05) is 18.0 Å². The van der Waals surface area contributed by atoms with E-state index >= 15 is 0 Å². The summed E-state index contributed by atoms with van der Waals surface area (Å²) in [4.78, 5) is 24.3. The van der Waals surface area contributed by atoms with E-state index in [0.717, 1.165) is 5.56 Å². The van der Waals surface area contributed by atoms with Gasteiger partial charge in [0.05, 0.1) is 12.1 Å². The highest BCUT2D eigenvalue weighted by atomic mass is 35.5. The maximum absolute atomic E-state index is 12.3. The predicted molar refractivity (Wildman–Crippen MR) is 114 cm³/mol. The number of anilines is 1. The van der Waals surface area contributed by atoms with E-state index in [1.807, 2.05) is 60.7 Å². The van der Waals surface area contributed by atoms with Crippen molar-refractivity contribution in [3.05, 3.63) is 89.4 Å². The lowest BCUT2D eigenvalue weighted by molar-refractivity contribution is -0.120. The molecule has 2 amide bonds. The molecule has 6 heteroatoms. The molecule has 0 fully saturated rings. The molecule has 3 aromatic rings. The lowest BCUT2D eigenvalue weighted by atomic mass is 10.1. The van der Waals surface area contributed by atoms with Crippen LogP contribution in [0.15, 0.2) is 78.9 Å². The van der Waals surface area contributed by atoms with Crippen LogP contribution in [0.25, 0.3) is 0 Å². The number of nitrogens with one attached hydrogen (secondary N) is 2. The maximum atomic E-state index is 12.3. The van der Waals surface area contributed by atoms with E-state index in [-0.39, 0.29) is 31.2 Å². The second kappa shape index (κ2) is 10.3. The fourth-order valence-electron chi connectivity index (χ4n) is 2.68. The van der Waals surface area contributed by atoms with Gasteiger partial charge in [-0.3, -0.25) is 9.59 Å². The number of carbonyl (C=O) groups excluding carboxylic acids is 2. The Morgan fingerprint density at radius 1 is 0.862 bits per heavy atom. The summed E-state index contributed by atoms with van der Waals surface area (Å²) in [5, 5.41) is 6.04. The zero-order valence-electron chi connectivity index (χ0n) is 15.7. The van der Waals surface area contributed by atoms with Crippen molar-refractivity contribution in [3.63, 3.8) is 0 Å². The van der Waals surface area contributed by atoms with Gasteiger partial charge in [0.15, 0.2) is 5.75 Å². The molecule has 0 aliphatic heterocycles. The molecule has 148 valence electrons. The second-order valence-electron chi connectivity index (χ2n) is 6.37. The molecule has 0 saturated heterocycles. The first-order chi connectivity index (χ1) is 14.1. The van der Waals surface area contributed by atoms with Crippen molar-refractivity contribution in [2.45, 2.75) is 12.8 Å². The number of ether oxygens (including phenoxy) is 1. The van der Waals surface area contributed by atoms with Gasteiger partial charge in [-0.25, -0.2) is 0 Å². The molecule has 3 rings (SSSR count). The molecule has 0 bridgehead atoms. The molecule has 29 heavy (non-hydrogen) atoms. The van der Waals surface area contributed by atoms with E-state index in [4.69, 9.17) is 16.3 Å². The lowest BCUT2D eigenvalue weighted by Crippen LogP contribution is -2.28. The van der Waals surface area contributed by atoms with E-state index in [9.17, 15) is 9.59 Å². The number of para-hydroxylation sites is 1. The molecule has 0 aliphatic rings. The molecule has 0 aliphatic carbocycles. The van der Waals surface area contributed by atoms with Crippen LogP contribution in [0.1, 0.15) is 12.0 Å². The van der Waals surface area contributed by atoms with Crippen LogP contribution in [0.2, 0.25) is 5.02 Å². The standard InChI is InChI=1S/C23H21ClN2O3/c24-18-11-12-21(29-19-9-5-2-6-10-19)20(16-18)26-22(27)13-14-25-23(28)15-17-7-3-1-4-8-17/h1-12,16H,13-15H2,(H,25,28)(H,26,27). The Hall–Kier alpha value is -3.31. The number of rotatable bonds is 8. The van der Waals surface area contributed by atoms with Crippen molar-refractivity contribution in [3.8, 4) is 11.5 Å². The minimum Gasteiger partial charge on any atom is -0.455 e. The van der Waals surface area contributed by atoms with Crippen LogP contribution in [0.5, 0.6) is 11.5 Å². The molecule has 0 radical (unpaired) electrons. The quantitative estimate of drug-likeness (QED) is 0.561. The van der Waals surface area contributed by atoms with Gasteiger partial charge in [0.2, 0.25) is 11.8 Å². The average Bonchev–Trinajstić information content (AvgIpc) is 2.71. The highest BCUT2D eigenvalue weighted by molar-refractivity contribution is 6.31. The van der Waals surface area contributed by atoms with Gasteiger partial charge < -0.3 is 15.4 Å². The number of amides is 2. The van der Waals surface area contributed by atoms with Gasteiger partial charge in [-0.15, -0.1) is 0 Å². The van der Waals surface area contributed by atoms with Crippen LogP contribution < -0.4 is 15.4 Å². The Morgan fingerprint density at radius 3 is 2.28 bits per heavy atom. The van der Waals surface area contributed by atoms with Crippen LogP contribution in [0.3, 0.4) is 0 Å². The van der Waals surface area contributed by atoms with Crippen LogP contribution in [0, 0.1) is 0 Å². The summed E-state index contributed by atoms with van der Waals surface area (Å²) in [6.07, 6.45) is 0.420. The number of hydrogen-bond acceptors (Lipinski definition) is 3. The van der Waals surface area contributed by atoms with Crippen LogP contribution in [0.4, 0.5) is 5.69 Å². The third-order valence-electron chi connectivity index (χ3n) is 4.07. The van der Waals surface area contributed by atoms with E-state index < -0.39 is 0 Å². The number of benzene rings is 3. The Labute approximate surface area is 174 Å². The molecule has 0 unspecified atom stereocenters. The fraction of sp³-hybridized carbons (Fsp3) is 0.130. The molecule has 3 aromatic carbocycles. The van der Waals surface area contributed by atoms with Gasteiger partial charge in [-0.05, 0) is 35.9 Å². The summed E-state index contributed by atoms with van der Waals surface area (Å²) in [6, 6.07) is 23.7. The van der Waals surface area contributed by atoms with E-state index in [1.54, 1.807) is 18.2 Å². The molecule has 0 heterocycles. The summed E-state index contributed by atoms with van der Waals surface area (Å²) in [7, 11) is 0. The monoisotopic (exact) mass is 408 g/mol. The molecule has 0 aromatic heterocycles. The summed E-state index contributed by atoms with van der Waals surface area (Å²) >= 11 is 6.06. The Kier molecular flexibility index (Phi) is 7.25. The highest BCUT2D eigenvalue weighted by Gasteiger charge is 2.11. The Bertz CT molecular complexity index is 962. The van der Waals surface area contributed by atoms with E-state index in [0.29, 0.717) is 22.2 Å². The zero-order chi connectivity index (χ0) is 20.5. The van der Waals surface area contributed by atoms with E-state index in [1.165, 1.54) is 0 Å². The molecule has 5 nitrogen and oxygen atoms in total. The van der Waals surface area contributed by atoms with E-state index in [2.05, 4.69) is 10.6 Å². The first-order valence-electron chi connectivity index (χ1n) is 9.23. The molecular weight excluding hydrogens is 388 g/mol. The normalized spacial score (nSPS) is 10.2. The molecule has 2 N–H and O–H groups in total. The smallest absolute Gasteiger partial charge is 0.226 e. The van der Waals surface area contributed by atoms with Crippen LogP contribution >= 0.6 is 11.6 Å². The van der Waals surface area contributed by atoms with Crippen molar-refractivity contribution in [1.82, 2.24) is 5.32 Å². The topological polar surface area (TPSA) is 67.4 Å². The molecule has 0 atom stereocenters. The lowest BCUT2D eigenvalue weighted by Gasteiger charge is -2.13. The second-order valence-corrected chi connectivity index (χ2v) is 6.80. The minimum atomic E-state index is -0.245. The summed E-state index contributed by atoms with van der Waals surface area (Å²) in [5.41, 5.74) is 1.40. The summed E-state index contributed by atoms with van der Waals surface area (Å²) in [5.74, 6) is 0.769. The number of hydrogen-bond donors (Lipinski definition) is 2.